The lowest BCUT2D eigenvalue weighted by Crippen LogP contribution is -2.70. The number of aliphatic hydroxyl groups excluding tert-OH is 3. The number of benzene rings is 2. The summed E-state index contributed by atoms with van der Waals surface area (Å²) in [5.41, 5.74) is 2.75. The van der Waals surface area contributed by atoms with E-state index in [9.17, 15) is 35.3 Å². The van der Waals surface area contributed by atoms with Crippen LogP contribution in [0.5, 0.6) is 11.5 Å². The van der Waals surface area contributed by atoms with Gasteiger partial charge in [-0.1, -0.05) is 30.1 Å². The van der Waals surface area contributed by atoms with Gasteiger partial charge in [-0.05, 0) is 97.9 Å². The van der Waals surface area contributed by atoms with Gasteiger partial charge < -0.3 is 49.1 Å². The average molecular weight is 834 g/mol. The van der Waals surface area contributed by atoms with Crippen molar-refractivity contribution in [1.29, 1.82) is 0 Å². The maximum absolute atomic E-state index is 14.7. The number of nitro groups is 1. The number of aromatic hydroxyl groups is 1. The summed E-state index contributed by atoms with van der Waals surface area (Å²) in [5, 5.41) is 56.4. The lowest BCUT2D eigenvalue weighted by molar-refractivity contribution is -0.384. The second-order valence-electron chi connectivity index (χ2n) is 15.7. The van der Waals surface area contributed by atoms with Crippen molar-refractivity contribution < 1.29 is 53.9 Å². The van der Waals surface area contributed by atoms with E-state index in [2.05, 4.69) is 12.7 Å². The number of phenolic OH excluding ortho intramolecular Hbond substituents is 1. The Morgan fingerprint density at radius 3 is 2.52 bits per heavy atom. The minimum Gasteiger partial charge on any atom is -0.508 e. The largest absolute Gasteiger partial charge is 0.508 e. The van der Waals surface area contributed by atoms with Gasteiger partial charge in [0.05, 0.1) is 49.6 Å². The number of hydrogen-bond donors (Lipinski definition) is 4. The first-order chi connectivity index (χ1) is 29.2. The van der Waals surface area contributed by atoms with Crippen LogP contribution in [0.25, 0.3) is 6.08 Å². The molecule has 4 N–H and O–H groups in total. The van der Waals surface area contributed by atoms with E-state index in [0.29, 0.717) is 42.9 Å². The number of hydrogen-bond acceptors (Lipinski definition) is 13. The van der Waals surface area contributed by atoms with E-state index in [0.717, 1.165) is 49.7 Å². The Balaban J connectivity index is 1.54. The second kappa shape index (κ2) is 21.7. The lowest BCUT2D eigenvalue weighted by atomic mass is 9.55. The van der Waals surface area contributed by atoms with Crippen molar-refractivity contribution in [3.63, 3.8) is 0 Å². The standard InChI is InChI=1S/C45H59N3O12/c1-2-24-58-45-40(47(20-26-56-27-23-51)41(53)19-14-31-12-15-33(16-13-31)48(54)55)30-38(46-60-42-11-5-8-25-57-42)36-28-32(9-3-6-21-49)35(10-4-7-22-50)43(44(36)45)37-29-34(52)17-18-39(37)59-45/h2,12-19,28-29,32,35,40,42-44,49-52H,1,3-11,20-27,30H2/t32-,35+,40-,42?,43+,44+,45+/m0/s1. The van der Waals surface area contributed by atoms with Crippen molar-refractivity contribution in [2.45, 2.75) is 88.2 Å². The van der Waals surface area contributed by atoms with Crippen LogP contribution >= 0.6 is 0 Å². The zero-order chi connectivity index (χ0) is 42.5. The summed E-state index contributed by atoms with van der Waals surface area (Å²) >= 11 is 0. The first-order valence-electron chi connectivity index (χ1n) is 21.2. The highest BCUT2D eigenvalue weighted by atomic mass is 16.8. The molecule has 0 aromatic heterocycles. The topological polar surface area (TPSA) is 203 Å². The summed E-state index contributed by atoms with van der Waals surface area (Å²) < 4.78 is 25.8. The SMILES string of the molecule is C=CCO[C@@]12Oc3ccc(O)cc3[C@H]3[C@H](CCCCO)[C@@H](CCCCO)C=C(C(=NOC4CCCCO4)C[C@@H]1N(CCOCCO)C(=O)C=Cc1ccc([N+](=O)[O-])cc1)[C@H]32. The Hall–Kier alpha value is -4.64. The molecule has 6 rings (SSSR count). The molecule has 15 nitrogen and oxygen atoms in total. The summed E-state index contributed by atoms with van der Waals surface area (Å²) in [5.74, 6) is -2.28. The molecule has 1 saturated carbocycles. The molecule has 7 atom stereocenters. The fraction of sp³-hybridized carbons (Fsp3) is 0.556. The number of carbonyl (C=O) groups is 1. The van der Waals surface area contributed by atoms with Gasteiger partial charge in [-0.2, -0.15) is 0 Å². The third-order valence-electron chi connectivity index (χ3n) is 12.0. The predicted octanol–water partition coefficient (Wildman–Crippen LogP) is 6.01. The summed E-state index contributed by atoms with van der Waals surface area (Å²) in [6.45, 7) is 4.70. The molecule has 1 unspecified atom stereocenters. The second-order valence-corrected chi connectivity index (χ2v) is 15.7. The van der Waals surface area contributed by atoms with Gasteiger partial charge in [0.15, 0.2) is 0 Å². The van der Waals surface area contributed by atoms with Crippen molar-refractivity contribution in [3.05, 3.63) is 94.1 Å². The Labute approximate surface area is 351 Å². The molecule has 2 heterocycles. The molecule has 0 bridgehead atoms. The molecule has 15 heteroatoms. The summed E-state index contributed by atoms with van der Waals surface area (Å²) in [6.07, 6.45) is 13.3. The number of phenols is 1. The summed E-state index contributed by atoms with van der Waals surface area (Å²) in [4.78, 5) is 33.4. The van der Waals surface area contributed by atoms with E-state index in [1.165, 1.54) is 18.2 Å². The number of amides is 1. The quantitative estimate of drug-likeness (QED) is 0.0354. The van der Waals surface area contributed by atoms with Crippen LogP contribution in [0.15, 0.2) is 78.0 Å². The molecule has 0 spiro atoms. The van der Waals surface area contributed by atoms with Crippen LogP contribution in [0.2, 0.25) is 0 Å². The Kier molecular flexibility index (Phi) is 16.3. The number of carbonyl (C=O) groups excluding carboxylic acids is 1. The van der Waals surface area contributed by atoms with E-state index in [4.69, 9.17) is 28.9 Å². The van der Waals surface area contributed by atoms with Crippen molar-refractivity contribution >= 4 is 23.4 Å². The molecular weight excluding hydrogens is 775 g/mol. The van der Waals surface area contributed by atoms with E-state index in [1.54, 1.807) is 47.4 Å². The van der Waals surface area contributed by atoms with Crippen LogP contribution in [0.4, 0.5) is 5.69 Å². The third-order valence-corrected chi connectivity index (χ3v) is 12.0. The van der Waals surface area contributed by atoms with Gasteiger partial charge in [0, 0.05) is 62.3 Å². The van der Waals surface area contributed by atoms with Gasteiger partial charge in [-0.25, -0.2) is 0 Å². The highest BCUT2D eigenvalue weighted by Gasteiger charge is 2.65. The Morgan fingerprint density at radius 1 is 1.03 bits per heavy atom. The predicted molar refractivity (Wildman–Crippen MR) is 223 cm³/mol. The molecule has 2 aromatic carbocycles. The van der Waals surface area contributed by atoms with Crippen LogP contribution in [-0.4, -0.2) is 113 Å². The first kappa shape index (κ1) is 44.9. The number of non-ortho nitro benzene ring substituents is 1. The van der Waals surface area contributed by atoms with Crippen LogP contribution in [0.3, 0.4) is 0 Å². The van der Waals surface area contributed by atoms with E-state index in [-0.39, 0.29) is 81.8 Å². The maximum atomic E-state index is 14.7. The zero-order valence-corrected chi connectivity index (χ0v) is 34.1. The van der Waals surface area contributed by atoms with Crippen molar-refractivity contribution in [2.24, 2.45) is 22.9 Å². The molecule has 1 amide bonds. The molecule has 2 aliphatic heterocycles. The normalized spacial score (nSPS) is 26.4. The van der Waals surface area contributed by atoms with E-state index in [1.807, 2.05) is 0 Å². The molecule has 2 aromatic rings. The Bertz CT molecular complexity index is 1840. The van der Waals surface area contributed by atoms with E-state index >= 15 is 0 Å². The summed E-state index contributed by atoms with van der Waals surface area (Å²) in [6, 6.07) is 10.1. The lowest BCUT2D eigenvalue weighted by Gasteiger charge is -2.60. The Morgan fingerprint density at radius 2 is 1.82 bits per heavy atom. The third kappa shape index (κ3) is 10.4. The zero-order valence-electron chi connectivity index (χ0n) is 34.1. The number of rotatable bonds is 22. The maximum Gasteiger partial charge on any atom is 0.269 e. The number of aliphatic hydroxyl groups is 3. The number of nitro benzene ring substituents is 1. The smallest absolute Gasteiger partial charge is 0.269 e. The molecular formula is C45H59N3O12. The number of ether oxygens (including phenoxy) is 4. The number of nitrogens with zero attached hydrogens (tertiary/aromatic N) is 3. The van der Waals surface area contributed by atoms with Crippen LogP contribution in [0, 0.1) is 27.9 Å². The number of unbranched alkanes of at least 4 members (excludes halogenated alkanes) is 2. The molecule has 326 valence electrons. The first-order valence-corrected chi connectivity index (χ1v) is 21.2. The molecule has 2 aliphatic carbocycles. The average Bonchev–Trinajstić information content (AvgIpc) is 3.26. The molecule has 0 radical (unpaired) electrons. The van der Waals surface area contributed by atoms with Crippen LogP contribution < -0.4 is 4.74 Å². The highest BCUT2D eigenvalue weighted by molar-refractivity contribution is 6.03. The van der Waals surface area contributed by atoms with Gasteiger partial charge >= 0.3 is 0 Å². The fourth-order valence-corrected chi connectivity index (χ4v) is 9.29. The molecule has 1 saturated heterocycles. The van der Waals surface area contributed by atoms with Gasteiger partial charge in [-0.15, -0.1) is 6.58 Å². The van der Waals surface area contributed by atoms with Gasteiger partial charge in [-0.3, -0.25) is 14.9 Å². The number of allylic oxidation sites excluding steroid dienone is 1. The molecule has 4 aliphatic rings. The summed E-state index contributed by atoms with van der Waals surface area (Å²) in [7, 11) is 0. The minimum atomic E-state index is -1.53. The monoisotopic (exact) mass is 833 g/mol. The van der Waals surface area contributed by atoms with Crippen molar-refractivity contribution in [1.82, 2.24) is 4.90 Å². The fourth-order valence-electron chi connectivity index (χ4n) is 9.29. The number of fused-ring (bicyclic) bond motifs is 2. The highest BCUT2D eigenvalue weighted by Crippen LogP contribution is 2.62. The van der Waals surface area contributed by atoms with Crippen LogP contribution in [-0.2, 0) is 23.8 Å². The van der Waals surface area contributed by atoms with E-state index < -0.39 is 34.9 Å². The van der Waals surface area contributed by atoms with Gasteiger partial charge in [0.1, 0.15) is 17.5 Å². The van der Waals surface area contributed by atoms with Crippen LogP contribution in [0.1, 0.15) is 81.3 Å². The van der Waals surface area contributed by atoms with Crippen molar-refractivity contribution in [2.75, 3.05) is 52.8 Å². The van der Waals surface area contributed by atoms with Gasteiger partial charge in [0.25, 0.3) is 5.69 Å². The number of oxime groups is 1. The minimum absolute atomic E-state index is 0.0128. The molecule has 2 fully saturated rings. The molecule has 60 heavy (non-hydrogen) atoms. The van der Waals surface area contributed by atoms with Crippen molar-refractivity contribution in [3.8, 4) is 11.5 Å². The van der Waals surface area contributed by atoms with Gasteiger partial charge in [0.2, 0.25) is 18.0 Å².